The number of nitrogens with zero attached hydrogens (tertiary/aromatic N) is 1. The van der Waals surface area contributed by atoms with Crippen LogP contribution in [-0.4, -0.2) is 47.8 Å². The fourth-order valence-electron chi connectivity index (χ4n) is 3.48. The van der Waals surface area contributed by atoms with Crippen LogP contribution in [0.2, 0.25) is 0 Å². The van der Waals surface area contributed by atoms with Gasteiger partial charge in [-0.15, -0.1) is 0 Å². The summed E-state index contributed by atoms with van der Waals surface area (Å²) in [6.07, 6.45) is 9.43. The van der Waals surface area contributed by atoms with Gasteiger partial charge < -0.3 is 10.0 Å². The van der Waals surface area contributed by atoms with Crippen LogP contribution >= 0.6 is 11.8 Å². The molecule has 1 aliphatic rings. The minimum absolute atomic E-state index is 0.0673. The molecule has 3 heteroatoms. The highest BCUT2D eigenvalue weighted by atomic mass is 32.2. The van der Waals surface area contributed by atoms with Crippen LogP contribution in [0.4, 0.5) is 0 Å². The molecule has 0 heterocycles. The third kappa shape index (κ3) is 5.65. The molecule has 0 saturated heterocycles. The van der Waals surface area contributed by atoms with E-state index in [0.717, 1.165) is 18.9 Å². The number of aliphatic hydroxyl groups excluding tert-OH is 1. The first-order chi connectivity index (χ1) is 9.12. The van der Waals surface area contributed by atoms with Crippen molar-refractivity contribution in [3.8, 4) is 0 Å². The highest BCUT2D eigenvalue weighted by Crippen LogP contribution is 2.33. The molecule has 114 valence electrons. The summed E-state index contributed by atoms with van der Waals surface area (Å²) >= 11 is 1.93. The zero-order valence-electron chi connectivity index (χ0n) is 13.3. The monoisotopic (exact) mass is 287 g/mol. The van der Waals surface area contributed by atoms with E-state index in [2.05, 4.69) is 32.1 Å². The Balaban J connectivity index is 2.47. The molecular weight excluding hydrogens is 254 g/mol. The van der Waals surface area contributed by atoms with Crippen molar-refractivity contribution in [1.29, 1.82) is 0 Å². The third-order valence-corrected chi connectivity index (χ3v) is 5.44. The molecule has 0 aliphatic heterocycles. The zero-order chi connectivity index (χ0) is 14.3. The van der Waals surface area contributed by atoms with E-state index >= 15 is 0 Å². The summed E-state index contributed by atoms with van der Waals surface area (Å²) in [5.74, 6) is 2.55. The van der Waals surface area contributed by atoms with Gasteiger partial charge in [0.2, 0.25) is 0 Å². The molecule has 1 N–H and O–H groups in total. The molecule has 1 rings (SSSR count). The number of hydrogen-bond donors (Lipinski definition) is 1. The maximum Gasteiger partial charge on any atom is 0.0580 e. The third-order valence-electron chi connectivity index (χ3n) is 4.72. The first-order valence-electron chi connectivity index (χ1n) is 7.99. The minimum atomic E-state index is -0.0673. The van der Waals surface area contributed by atoms with E-state index < -0.39 is 0 Å². The Labute approximate surface area is 124 Å². The average molecular weight is 288 g/mol. The van der Waals surface area contributed by atoms with Crippen molar-refractivity contribution in [3.63, 3.8) is 0 Å². The standard InChI is InChI=1S/C16H33NOS/c1-5-7-13-8-9-16(18)14(10-13)11-17(3)15(6-2)12-19-4/h13-16,18H,5-12H2,1-4H3. The maximum absolute atomic E-state index is 10.3. The molecule has 0 aromatic rings. The lowest BCUT2D eigenvalue weighted by molar-refractivity contribution is 0.0244. The molecule has 0 bridgehead atoms. The van der Waals surface area contributed by atoms with Gasteiger partial charge in [0.15, 0.2) is 0 Å². The molecule has 0 aromatic heterocycles. The molecule has 0 spiro atoms. The number of hydrogen-bond acceptors (Lipinski definition) is 3. The molecular formula is C16H33NOS. The van der Waals surface area contributed by atoms with E-state index in [1.54, 1.807) is 0 Å². The Morgan fingerprint density at radius 1 is 1.32 bits per heavy atom. The SMILES string of the molecule is CCCC1CCC(O)C(CN(C)C(CC)CSC)C1. The van der Waals surface area contributed by atoms with Gasteiger partial charge in [0.05, 0.1) is 6.10 Å². The summed E-state index contributed by atoms with van der Waals surface area (Å²) in [5.41, 5.74) is 0. The van der Waals surface area contributed by atoms with Gasteiger partial charge >= 0.3 is 0 Å². The highest BCUT2D eigenvalue weighted by molar-refractivity contribution is 7.98. The van der Waals surface area contributed by atoms with Gasteiger partial charge in [0.25, 0.3) is 0 Å². The number of aliphatic hydroxyl groups is 1. The molecule has 4 atom stereocenters. The summed E-state index contributed by atoms with van der Waals surface area (Å²) in [4.78, 5) is 2.48. The fourth-order valence-corrected chi connectivity index (χ4v) is 4.35. The molecule has 2 nitrogen and oxygen atoms in total. The Bertz CT molecular complexity index is 237. The Kier molecular flexibility index (Phi) is 8.43. The van der Waals surface area contributed by atoms with Gasteiger partial charge in [0, 0.05) is 18.3 Å². The highest BCUT2D eigenvalue weighted by Gasteiger charge is 2.30. The predicted octanol–water partition coefficient (Wildman–Crippen LogP) is 3.64. The van der Waals surface area contributed by atoms with E-state index in [1.807, 2.05) is 11.8 Å². The van der Waals surface area contributed by atoms with Gasteiger partial charge in [-0.25, -0.2) is 0 Å². The predicted molar refractivity (Wildman–Crippen MR) is 86.8 cm³/mol. The van der Waals surface area contributed by atoms with Crippen LogP contribution in [0.1, 0.15) is 52.4 Å². The lowest BCUT2D eigenvalue weighted by Gasteiger charge is -2.37. The first-order valence-corrected chi connectivity index (χ1v) is 9.38. The van der Waals surface area contributed by atoms with Crippen LogP contribution in [0.3, 0.4) is 0 Å². The van der Waals surface area contributed by atoms with Gasteiger partial charge in [-0.2, -0.15) is 11.8 Å². The summed E-state index contributed by atoms with van der Waals surface area (Å²) in [6.45, 7) is 5.62. The van der Waals surface area contributed by atoms with Gasteiger partial charge in [0.1, 0.15) is 0 Å². The smallest absolute Gasteiger partial charge is 0.0580 e. The Morgan fingerprint density at radius 2 is 2.05 bits per heavy atom. The summed E-state index contributed by atoms with van der Waals surface area (Å²) in [6, 6.07) is 0.661. The van der Waals surface area contributed by atoms with E-state index in [0.29, 0.717) is 12.0 Å². The lowest BCUT2D eigenvalue weighted by Crippen LogP contribution is -2.42. The van der Waals surface area contributed by atoms with Crippen molar-refractivity contribution < 1.29 is 5.11 Å². The molecule has 0 aromatic carbocycles. The molecule has 1 saturated carbocycles. The van der Waals surface area contributed by atoms with Crippen molar-refractivity contribution in [2.24, 2.45) is 11.8 Å². The average Bonchev–Trinajstić information content (AvgIpc) is 2.40. The second kappa shape index (κ2) is 9.25. The van der Waals surface area contributed by atoms with Gasteiger partial charge in [-0.05, 0) is 50.8 Å². The van der Waals surface area contributed by atoms with Crippen molar-refractivity contribution >= 4 is 11.8 Å². The summed E-state index contributed by atoms with van der Waals surface area (Å²) < 4.78 is 0. The topological polar surface area (TPSA) is 23.5 Å². The molecule has 1 aliphatic carbocycles. The van der Waals surface area contributed by atoms with Crippen LogP contribution < -0.4 is 0 Å². The normalized spacial score (nSPS) is 29.7. The zero-order valence-corrected chi connectivity index (χ0v) is 14.1. The van der Waals surface area contributed by atoms with Crippen LogP contribution in [0.25, 0.3) is 0 Å². The lowest BCUT2D eigenvalue weighted by atomic mass is 9.77. The quantitative estimate of drug-likeness (QED) is 0.737. The van der Waals surface area contributed by atoms with Crippen molar-refractivity contribution in [2.75, 3.05) is 25.6 Å². The van der Waals surface area contributed by atoms with Crippen molar-refractivity contribution in [3.05, 3.63) is 0 Å². The molecule has 4 unspecified atom stereocenters. The van der Waals surface area contributed by atoms with Crippen LogP contribution in [-0.2, 0) is 0 Å². The molecule has 1 fully saturated rings. The molecule has 19 heavy (non-hydrogen) atoms. The van der Waals surface area contributed by atoms with E-state index in [1.165, 1.54) is 37.9 Å². The van der Waals surface area contributed by atoms with Crippen molar-refractivity contribution in [2.45, 2.75) is 64.5 Å². The van der Waals surface area contributed by atoms with Crippen LogP contribution in [0.5, 0.6) is 0 Å². The molecule has 0 amide bonds. The van der Waals surface area contributed by atoms with E-state index in [-0.39, 0.29) is 6.10 Å². The number of thioether (sulfide) groups is 1. The Morgan fingerprint density at radius 3 is 2.63 bits per heavy atom. The fraction of sp³-hybridized carbons (Fsp3) is 1.00. The Hall–Kier alpha value is 0.270. The molecule has 0 radical (unpaired) electrons. The summed E-state index contributed by atoms with van der Waals surface area (Å²) in [5, 5.41) is 10.3. The van der Waals surface area contributed by atoms with Crippen LogP contribution in [0, 0.1) is 11.8 Å². The van der Waals surface area contributed by atoms with Crippen molar-refractivity contribution in [1.82, 2.24) is 4.90 Å². The number of rotatable bonds is 8. The van der Waals surface area contributed by atoms with Gasteiger partial charge in [-0.1, -0.05) is 26.7 Å². The van der Waals surface area contributed by atoms with E-state index in [9.17, 15) is 5.11 Å². The van der Waals surface area contributed by atoms with Crippen LogP contribution in [0.15, 0.2) is 0 Å². The van der Waals surface area contributed by atoms with E-state index in [4.69, 9.17) is 0 Å². The second-order valence-electron chi connectivity index (χ2n) is 6.25. The largest absolute Gasteiger partial charge is 0.393 e. The maximum atomic E-state index is 10.3. The first kappa shape index (κ1) is 17.3. The van der Waals surface area contributed by atoms with Gasteiger partial charge in [-0.3, -0.25) is 0 Å². The minimum Gasteiger partial charge on any atom is -0.393 e. The second-order valence-corrected chi connectivity index (χ2v) is 7.16. The summed E-state index contributed by atoms with van der Waals surface area (Å²) in [7, 11) is 2.24.